The highest BCUT2D eigenvalue weighted by atomic mass is 35.7. The molecule has 1 atom stereocenters. The van der Waals surface area contributed by atoms with Gasteiger partial charge in [-0.15, -0.1) is 0 Å². The zero-order valence-electron chi connectivity index (χ0n) is 12.6. The number of hydrogen-bond donors (Lipinski definition) is 1. The molecule has 22 heavy (non-hydrogen) atoms. The van der Waals surface area contributed by atoms with E-state index < -0.39 is 38.4 Å². The monoisotopic (exact) mass is 351 g/mol. The normalized spacial score (nSPS) is 13.5. The molecule has 0 radical (unpaired) electrons. The molecule has 0 spiro atoms. The number of nitrogens with one attached hydrogen (secondary N) is 1. The van der Waals surface area contributed by atoms with E-state index in [9.17, 15) is 17.6 Å². The lowest BCUT2D eigenvalue weighted by Crippen LogP contribution is -2.43. The first-order valence-electron chi connectivity index (χ1n) is 6.61. The van der Waals surface area contributed by atoms with Gasteiger partial charge in [0.2, 0.25) is 9.05 Å². The van der Waals surface area contributed by atoms with Crippen LogP contribution in [-0.2, 0) is 20.2 Å². The summed E-state index contributed by atoms with van der Waals surface area (Å²) < 4.78 is 41.3. The number of alkyl carbamates (subject to hydrolysis) is 1. The number of halogens is 2. The standard InChI is InChI=1S/C14H19ClFNO4S/c1-14(2,3)21-13(18)17-11(9-22(15,19)20)8-10-6-4-5-7-12(10)16/h4-7,11H,8-9H2,1-3H3,(H,17,18). The van der Waals surface area contributed by atoms with Crippen LogP contribution in [-0.4, -0.2) is 31.9 Å². The number of benzene rings is 1. The zero-order valence-corrected chi connectivity index (χ0v) is 14.2. The van der Waals surface area contributed by atoms with E-state index in [0.29, 0.717) is 0 Å². The second-order valence-electron chi connectivity index (χ2n) is 5.84. The Morgan fingerprint density at radius 1 is 1.36 bits per heavy atom. The van der Waals surface area contributed by atoms with Crippen LogP contribution < -0.4 is 5.32 Å². The van der Waals surface area contributed by atoms with Crippen molar-refractivity contribution in [3.05, 3.63) is 35.6 Å². The molecule has 0 saturated carbocycles. The molecule has 0 heterocycles. The van der Waals surface area contributed by atoms with Gasteiger partial charge in [0.15, 0.2) is 0 Å². The van der Waals surface area contributed by atoms with Gasteiger partial charge in [-0.05, 0) is 38.8 Å². The minimum atomic E-state index is -3.87. The second kappa shape index (κ2) is 7.28. The van der Waals surface area contributed by atoms with Crippen molar-refractivity contribution in [1.82, 2.24) is 5.32 Å². The maximum absolute atomic E-state index is 13.7. The molecule has 0 aromatic heterocycles. The highest BCUT2D eigenvalue weighted by molar-refractivity contribution is 8.13. The van der Waals surface area contributed by atoms with Crippen LogP contribution in [0.2, 0.25) is 0 Å². The Morgan fingerprint density at radius 3 is 2.45 bits per heavy atom. The minimum absolute atomic E-state index is 0.0160. The van der Waals surface area contributed by atoms with E-state index in [1.165, 1.54) is 18.2 Å². The zero-order chi connectivity index (χ0) is 17.0. The lowest BCUT2D eigenvalue weighted by molar-refractivity contribution is 0.0509. The third kappa shape index (κ3) is 7.61. The molecule has 0 aliphatic rings. The van der Waals surface area contributed by atoms with Gasteiger partial charge in [0.25, 0.3) is 0 Å². The van der Waals surface area contributed by atoms with Gasteiger partial charge in [-0.3, -0.25) is 0 Å². The van der Waals surface area contributed by atoms with Crippen LogP contribution in [0.25, 0.3) is 0 Å². The van der Waals surface area contributed by atoms with Gasteiger partial charge in [-0.2, -0.15) is 0 Å². The maximum atomic E-state index is 13.7. The average molecular weight is 352 g/mol. The first-order chi connectivity index (χ1) is 9.96. The molecule has 1 N–H and O–H groups in total. The average Bonchev–Trinajstić information content (AvgIpc) is 2.27. The van der Waals surface area contributed by atoms with Crippen molar-refractivity contribution in [1.29, 1.82) is 0 Å². The molecule has 0 saturated heterocycles. The van der Waals surface area contributed by atoms with Gasteiger partial charge in [0.05, 0.1) is 11.8 Å². The fraction of sp³-hybridized carbons (Fsp3) is 0.500. The van der Waals surface area contributed by atoms with Crippen molar-refractivity contribution in [2.45, 2.75) is 38.8 Å². The SMILES string of the molecule is CC(C)(C)OC(=O)NC(Cc1ccccc1F)CS(=O)(=O)Cl. The van der Waals surface area contributed by atoms with Crippen LogP contribution in [0.3, 0.4) is 0 Å². The quantitative estimate of drug-likeness (QED) is 0.828. The molecule has 0 aliphatic carbocycles. The first-order valence-corrected chi connectivity index (χ1v) is 9.09. The summed E-state index contributed by atoms with van der Waals surface area (Å²) in [5.41, 5.74) is -0.448. The molecular weight excluding hydrogens is 333 g/mol. The Balaban J connectivity index is 2.85. The highest BCUT2D eigenvalue weighted by Gasteiger charge is 2.24. The van der Waals surface area contributed by atoms with Crippen molar-refractivity contribution >= 4 is 25.8 Å². The van der Waals surface area contributed by atoms with Crippen molar-refractivity contribution < 1.29 is 22.3 Å². The lowest BCUT2D eigenvalue weighted by atomic mass is 10.1. The molecule has 0 aliphatic heterocycles. The predicted octanol–water partition coefficient (Wildman–Crippen LogP) is 2.83. The van der Waals surface area contributed by atoms with Crippen LogP contribution in [0.1, 0.15) is 26.3 Å². The highest BCUT2D eigenvalue weighted by Crippen LogP contribution is 2.13. The topological polar surface area (TPSA) is 72.5 Å². The van der Waals surface area contributed by atoms with Crippen molar-refractivity contribution in [2.75, 3.05) is 5.75 Å². The summed E-state index contributed by atoms with van der Waals surface area (Å²) >= 11 is 0. The molecule has 1 rings (SSSR count). The number of rotatable bonds is 5. The molecule has 0 fully saturated rings. The summed E-state index contributed by atoms with van der Waals surface area (Å²) in [5, 5.41) is 2.41. The fourth-order valence-corrected chi connectivity index (χ4v) is 2.93. The molecule has 124 valence electrons. The van der Waals surface area contributed by atoms with E-state index in [1.54, 1.807) is 26.8 Å². The molecule has 0 bridgehead atoms. The van der Waals surface area contributed by atoms with Crippen molar-refractivity contribution in [3.8, 4) is 0 Å². The molecule has 5 nitrogen and oxygen atoms in total. The number of hydrogen-bond acceptors (Lipinski definition) is 4. The molecule has 1 amide bonds. The van der Waals surface area contributed by atoms with Gasteiger partial charge in [-0.25, -0.2) is 17.6 Å². The smallest absolute Gasteiger partial charge is 0.407 e. The summed E-state index contributed by atoms with van der Waals surface area (Å²) in [4.78, 5) is 11.8. The van der Waals surface area contributed by atoms with Crippen LogP contribution in [0, 0.1) is 5.82 Å². The van der Waals surface area contributed by atoms with Crippen LogP contribution in [0.4, 0.5) is 9.18 Å². The third-order valence-electron chi connectivity index (χ3n) is 2.55. The summed E-state index contributed by atoms with van der Waals surface area (Å²) in [7, 11) is 1.37. The Kier molecular flexibility index (Phi) is 6.19. The first kappa shape index (κ1) is 18.7. The number of ether oxygens (including phenoxy) is 1. The summed E-state index contributed by atoms with van der Waals surface area (Å²) in [6, 6.07) is 5.02. The Hall–Kier alpha value is -1.34. The van der Waals surface area contributed by atoms with Crippen LogP contribution in [0.5, 0.6) is 0 Å². The molecule has 8 heteroatoms. The lowest BCUT2D eigenvalue weighted by Gasteiger charge is -2.23. The van der Waals surface area contributed by atoms with Crippen molar-refractivity contribution in [2.24, 2.45) is 0 Å². The van der Waals surface area contributed by atoms with E-state index in [1.807, 2.05) is 0 Å². The summed E-state index contributed by atoms with van der Waals surface area (Å²) in [5.74, 6) is -1.01. The van der Waals surface area contributed by atoms with Gasteiger partial charge in [0.1, 0.15) is 11.4 Å². The number of carbonyl (C=O) groups excluding carboxylic acids is 1. The fourth-order valence-electron chi connectivity index (χ4n) is 1.80. The van der Waals surface area contributed by atoms with E-state index in [0.717, 1.165) is 0 Å². The van der Waals surface area contributed by atoms with E-state index in [4.69, 9.17) is 15.4 Å². The predicted molar refractivity (Wildman–Crippen MR) is 82.9 cm³/mol. The van der Waals surface area contributed by atoms with E-state index >= 15 is 0 Å². The van der Waals surface area contributed by atoms with Gasteiger partial charge >= 0.3 is 6.09 Å². The largest absolute Gasteiger partial charge is 0.444 e. The van der Waals surface area contributed by atoms with E-state index in [-0.39, 0.29) is 12.0 Å². The Morgan fingerprint density at radius 2 is 1.95 bits per heavy atom. The minimum Gasteiger partial charge on any atom is -0.444 e. The Bertz CT molecular complexity index is 628. The van der Waals surface area contributed by atoms with Gasteiger partial charge in [0, 0.05) is 10.7 Å². The third-order valence-corrected chi connectivity index (χ3v) is 3.72. The summed E-state index contributed by atoms with van der Waals surface area (Å²) in [6.45, 7) is 5.03. The maximum Gasteiger partial charge on any atom is 0.407 e. The Labute approximate surface area is 134 Å². The molecule has 1 unspecified atom stereocenters. The van der Waals surface area contributed by atoms with Gasteiger partial charge < -0.3 is 10.1 Å². The summed E-state index contributed by atoms with van der Waals surface area (Å²) in [6.07, 6.45) is -0.799. The van der Waals surface area contributed by atoms with Crippen LogP contribution in [0.15, 0.2) is 24.3 Å². The van der Waals surface area contributed by atoms with Crippen molar-refractivity contribution in [3.63, 3.8) is 0 Å². The van der Waals surface area contributed by atoms with Gasteiger partial charge in [-0.1, -0.05) is 18.2 Å². The number of carbonyl (C=O) groups is 1. The molecule has 1 aromatic rings. The van der Waals surface area contributed by atoms with Crippen LogP contribution >= 0.6 is 10.7 Å². The molecule has 1 aromatic carbocycles. The molecular formula is C14H19ClFNO4S. The number of amides is 1. The second-order valence-corrected chi connectivity index (χ2v) is 8.67. The van der Waals surface area contributed by atoms with E-state index in [2.05, 4.69) is 5.32 Å².